The number of rotatable bonds is 5. The van der Waals surface area contributed by atoms with Crippen molar-refractivity contribution in [2.75, 3.05) is 25.4 Å². The van der Waals surface area contributed by atoms with Gasteiger partial charge in [-0.05, 0) is 25.2 Å². The lowest BCUT2D eigenvalue weighted by Gasteiger charge is -2.17. The van der Waals surface area contributed by atoms with Crippen LogP contribution in [0.5, 0.6) is 0 Å². The molecule has 0 radical (unpaired) electrons. The molecule has 1 rings (SSSR count). The molecule has 0 aliphatic rings. The van der Waals surface area contributed by atoms with E-state index in [1.165, 1.54) is 6.07 Å². The molecule has 1 aromatic carbocycles. The number of hydrogen-bond acceptors (Lipinski definition) is 3. The molecule has 0 aromatic heterocycles. The number of nitrogen functional groups attached to an aromatic ring is 1. The fourth-order valence-electron chi connectivity index (χ4n) is 1.49. The maximum absolute atomic E-state index is 13.3. The van der Waals surface area contributed by atoms with E-state index in [-0.39, 0.29) is 41.0 Å². The van der Waals surface area contributed by atoms with Crippen molar-refractivity contribution < 1.29 is 9.18 Å². The summed E-state index contributed by atoms with van der Waals surface area (Å²) in [7, 11) is 0. The van der Waals surface area contributed by atoms with Gasteiger partial charge in [-0.1, -0.05) is 25.4 Å². The van der Waals surface area contributed by atoms with E-state index in [1.54, 1.807) is 0 Å². The molecule has 0 aliphatic carbocycles. The number of likely N-dealkylation sites (N-methyl/N-ethyl adjacent to an activating group) is 1. The topological polar surface area (TPSA) is 46.3 Å². The molecule has 0 aliphatic heterocycles. The molecule has 0 fully saturated rings. The smallest absolute Gasteiger partial charge is 0.176 e. The number of nitrogens with zero attached hydrogens (tertiary/aromatic N) is 1. The van der Waals surface area contributed by atoms with E-state index in [9.17, 15) is 9.18 Å². The van der Waals surface area contributed by atoms with Gasteiger partial charge in [-0.15, -0.1) is 12.4 Å². The second kappa shape index (κ2) is 7.56. The highest BCUT2D eigenvalue weighted by atomic mass is 35.5. The van der Waals surface area contributed by atoms with Crippen molar-refractivity contribution in [2.24, 2.45) is 0 Å². The average molecular weight is 295 g/mol. The van der Waals surface area contributed by atoms with Crippen molar-refractivity contribution in [3.05, 3.63) is 28.5 Å². The van der Waals surface area contributed by atoms with Gasteiger partial charge >= 0.3 is 0 Å². The lowest BCUT2D eigenvalue weighted by molar-refractivity contribution is 0.0937. The lowest BCUT2D eigenvalue weighted by atomic mass is 10.1. The standard InChI is InChI=1S/C12H16ClFN2O.ClH/c1-3-16(4-2)7-11(17)8-5-9(13)12(15)10(14)6-8;/h5-6H,3-4,7,15H2,1-2H3;1H. The highest BCUT2D eigenvalue weighted by Crippen LogP contribution is 2.23. The van der Waals surface area contributed by atoms with E-state index in [1.807, 2.05) is 18.7 Å². The Hall–Kier alpha value is -0.840. The minimum absolute atomic E-state index is 0. The monoisotopic (exact) mass is 294 g/mol. The molecule has 6 heteroatoms. The summed E-state index contributed by atoms with van der Waals surface area (Å²) >= 11 is 5.74. The maximum Gasteiger partial charge on any atom is 0.176 e. The number of carbonyl (C=O) groups excluding carboxylic acids is 1. The van der Waals surface area contributed by atoms with E-state index < -0.39 is 5.82 Å². The molecule has 0 spiro atoms. The molecule has 102 valence electrons. The van der Waals surface area contributed by atoms with Gasteiger partial charge in [-0.25, -0.2) is 4.39 Å². The number of carbonyl (C=O) groups is 1. The third-order valence-corrected chi connectivity index (χ3v) is 2.98. The second-order valence-electron chi connectivity index (χ2n) is 3.74. The number of anilines is 1. The van der Waals surface area contributed by atoms with Gasteiger partial charge in [0.15, 0.2) is 5.78 Å². The van der Waals surface area contributed by atoms with Crippen molar-refractivity contribution >= 4 is 35.5 Å². The largest absolute Gasteiger partial charge is 0.395 e. The van der Waals surface area contributed by atoms with Gasteiger partial charge in [-0.2, -0.15) is 0 Å². The first kappa shape index (κ1) is 17.2. The van der Waals surface area contributed by atoms with E-state index in [4.69, 9.17) is 17.3 Å². The summed E-state index contributed by atoms with van der Waals surface area (Å²) in [5, 5.41) is 0.0768. The minimum Gasteiger partial charge on any atom is -0.395 e. The summed E-state index contributed by atoms with van der Waals surface area (Å²) in [4.78, 5) is 13.8. The van der Waals surface area contributed by atoms with Crippen LogP contribution < -0.4 is 5.73 Å². The normalized spacial score (nSPS) is 10.3. The molecule has 0 amide bonds. The van der Waals surface area contributed by atoms with Gasteiger partial charge in [-0.3, -0.25) is 9.69 Å². The van der Waals surface area contributed by atoms with Gasteiger partial charge in [0.2, 0.25) is 0 Å². The van der Waals surface area contributed by atoms with Crippen molar-refractivity contribution in [2.45, 2.75) is 13.8 Å². The van der Waals surface area contributed by atoms with E-state index in [2.05, 4.69) is 0 Å². The number of Topliss-reactive ketones (excluding diaryl/α,β-unsaturated/α-hetero) is 1. The molecular formula is C12H17Cl2FN2O. The average Bonchev–Trinajstić information content (AvgIpc) is 2.31. The van der Waals surface area contributed by atoms with Crippen molar-refractivity contribution in [3.8, 4) is 0 Å². The van der Waals surface area contributed by atoms with Crippen molar-refractivity contribution in [1.82, 2.24) is 4.90 Å². The number of benzene rings is 1. The van der Waals surface area contributed by atoms with Crippen LogP contribution in [0.3, 0.4) is 0 Å². The Morgan fingerprint density at radius 3 is 2.39 bits per heavy atom. The molecule has 0 saturated carbocycles. The fourth-order valence-corrected chi connectivity index (χ4v) is 1.69. The molecule has 0 unspecified atom stereocenters. The Morgan fingerprint density at radius 1 is 1.39 bits per heavy atom. The summed E-state index contributed by atoms with van der Waals surface area (Å²) in [5.41, 5.74) is 5.51. The van der Waals surface area contributed by atoms with E-state index in [0.29, 0.717) is 0 Å². The number of ketones is 1. The SMILES string of the molecule is CCN(CC)CC(=O)c1cc(F)c(N)c(Cl)c1.Cl. The van der Waals surface area contributed by atoms with Gasteiger partial charge in [0.05, 0.1) is 17.3 Å². The molecule has 0 heterocycles. The number of nitrogens with two attached hydrogens (primary N) is 1. The number of hydrogen-bond donors (Lipinski definition) is 1. The van der Waals surface area contributed by atoms with Crippen LogP contribution in [0.25, 0.3) is 0 Å². The Bertz CT molecular complexity index is 400. The van der Waals surface area contributed by atoms with Crippen LogP contribution in [0, 0.1) is 5.82 Å². The Morgan fingerprint density at radius 2 is 1.94 bits per heavy atom. The molecule has 3 nitrogen and oxygen atoms in total. The van der Waals surface area contributed by atoms with Gasteiger partial charge in [0.1, 0.15) is 5.82 Å². The van der Waals surface area contributed by atoms with Crippen molar-refractivity contribution in [3.63, 3.8) is 0 Å². The highest BCUT2D eigenvalue weighted by Gasteiger charge is 2.14. The first-order chi connectivity index (χ1) is 7.99. The zero-order valence-electron chi connectivity index (χ0n) is 10.4. The van der Waals surface area contributed by atoms with E-state index in [0.717, 1.165) is 19.2 Å². The maximum atomic E-state index is 13.3. The molecule has 2 N–H and O–H groups in total. The molecular weight excluding hydrogens is 278 g/mol. The summed E-state index contributed by atoms with van der Waals surface area (Å²) in [6, 6.07) is 2.54. The second-order valence-corrected chi connectivity index (χ2v) is 4.15. The summed E-state index contributed by atoms with van der Waals surface area (Å²) in [5.74, 6) is -0.810. The summed E-state index contributed by atoms with van der Waals surface area (Å²) in [6.45, 7) is 5.73. The molecule has 0 bridgehead atoms. The summed E-state index contributed by atoms with van der Waals surface area (Å²) < 4.78 is 13.3. The molecule has 0 saturated heterocycles. The van der Waals surface area contributed by atoms with Crippen LogP contribution in [0.4, 0.5) is 10.1 Å². The molecule has 1 aromatic rings. The first-order valence-electron chi connectivity index (χ1n) is 5.49. The Balaban J connectivity index is 0.00000289. The quantitative estimate of drug-likeness (QED) is 0.671. The molecule has 0 atom stereocenters. The lowest BCUT2D eigenvalue weighted by Crippen LogP contribution is -2.29. The van der Waals surface area contributed by atoms with Crippen LogP contribution in [0.1, 0.15) is 24.2 Å². The van der Waals surface area contributed by atoms with Gasteiger partial charge in [0.25, 0.3) is 0 Å². The summed E-state index contributed by atoms with van der Waals surface area (Å²) in [6.07, 6.45) is 0. The predicted octanol–water partition coefficient (Wildman–Crippen LogP) is 3.01. The third-order valence-electron chi connectivity index (χ3n) is 2.66. The van der Waals surface area contributed by atoms with Crippen LogP contribution >= 0.6 is 24.0 Å². The van der Waals surface area contributed by atoms with Crippen LogP contribution in [-0.2, 0) is 0 Å². The zero-order valence-corrected chi connectivity index (χ0v) is 11.9. The Labute approximate surface area is 118 Å². The first-order valence-corrected chi connectivity index (χ1v) is 5.87. The minimum atomic E-state index is -0.652. The van der Waals surface area contributed by atoms with Crippen molar-refractivity contribution in [1.29, 1.82) is 0 Å². The van der Waals surface area contributed by atoms with Crippen LogP contribution in [0.2, 0.25) is 5.02 Å². The van der Waals surface area contributed by atoms with Gasteiger partial charge < -0.3 is 5.73 Å². The number of halogens is 3. The highest BCUT2D eigenvalue weighted by molar-refractivity contribution is 6.33. The van der Waals surface area contributed by atoms with Gasteiger partial charge in [0, 0.05) is 5.56 Å². The van der Waals surface area contributed by atoms with Crippen LogP contribution in [0.15, 0.2) is 12.1 Å². The Kier molecular flexibility index (Phi) is 7.21. The predicted molar refractivity (Wildman–Crippen MR) is 75.2 cm³/mol. The molecule has 18 heavy (non-hydrogen) atoms. The zero-order chi connectivity index (χ0) is 13.0. The third kappa shape index (κ3) is 4.12. The fraction of sp³-hybridized carbons (Fsp3) is 0.417. The van der Waals surface area contributed by atoms with E-state index >= 15 is 0 Å². The van der Waals surface area contributed by atoms with Crippen LogP contribution in [-0.4, -0.2) is 30.3 Å².